The number of hydrogen-bond donors (Lipinski definition) is 1. The number of carboxylic acids is 1. The molecule has 1 N–H and O–H groups in total. The van der Waals surface area contributed by atoms with Crippen molar-refractivity contribution >= 4 is 17.8 Å². The van der Waals surface area contributed by atoms with Gasteiger partial charge in [-0.15, -0.1) is 0 Å². The fourth-order valence-electron chi connectivity index (χ4n) is 4.29. The number of nitrogens with zero attached hydrogens (tertiary/aromatic N) is 2. The van der Waals surface area contributed by atoms with Gasteiger partial charge in [0.15, 0.2) is 0 Å². The lowest BCUT2D eigenvalue weighted by atomic mass is 10.0. The number of carbonyl (C=O) groups is 3. The Labute approximate surface area is 222 Å². The molecule has 0 aliphatic carbocycles. The van der Waals surface area contributed by atoms with Crippen LogP contribution in [0.3, 0.4) is 0 Å². The molecule has 8 nitrogen and oxygen atoms in total. The molecule has 1 heterocycles. The second-order valence-corrected chi connectivity index (χ2v) is 9.52. The van der Waals surface area contributed by atoms with Crippen LogP contribution in [0.15, 0.2) is 66.7 Å². The third-order valence-corrected chi connectivity index (χ3v) is 6.28. The zero-order valence-corrected chi connectivity index (χ0v) is 21.7. The van der Waals surface area contributed by atoms with Gasteiger partial charge in [-0.25, -0.2) is 0 Å². The first-order valence-corrected chi connectivity index (χ1v) is 12.6. The van der Waals surface area contributed by atoms with Gasteiger partial charge in [0.1, 0.15) is 24.7 Å². The number of imide groups is 1. The first-order chi connectivity index (χ1) is 18.3. The van der Waals surface area contributed by atoms with E-state index < -0.39 is 5.97 Å². The Balaban J connectivity index is 1.41. The summed E-state index contributed by atoms with van der Waals surface area (Å²) in [5.41, 5.74) is 3.52. The van der Waals surface area contributed by atoms with Crippen LogP contribution in [-0.2, 0) is 24.2 Å². The van der Waals surface area contributed by atoms with E-state index in [1.165, 1.54) is 4.90 Å². The summed E-state index contributed by atoms with van der Waals surface area (Å²) in [7, 11) is 3.99. The molecule has 0 atom stereocenters. The van der Waals surface area contributed by atoms with Crippen molar-refractivity contribution in [3.8, 4) is 11.5 Å². The van der Waals surface area contributed by atoms with Crippen LogP contribution in [0.2, 0.25) is 0 Å². The van der Waals surface area contributed by atoms with Crippen molar-refractivity contribution in [2.24, 2.45) is 0 Å². The van der Waals surface area contributed by atoms with Crippen LogP contribution in [-0.4, -0.2) is 66.5 Å². The summed E-state index contributed by atoms with van der Waals surface area (Å²) in [6, 6.07) is 20.1. The zero-order valence-electron chi connectivity index (χ0n) is 21.7. The van der Waals surface area contributed by atoms with Gasteiger partial charge < -0.3 is 19.5 Å². The Bertz CT molecular complexity index is 1270. The smallest absolute Gasteiger partial charge is 0.303 e. The first-order valence-electron chi connectivity index (χ1n) is 12.6. The Kier molecular flexibility index (Phi) is 8.76. The summed E-state index contributed by atoms with van der Waals surface area (Å²) in [4.78, 5) is 39.9. The lowest BCUT2D eigenvalue weighted by molar-refractivity contribution is -0.136. The van der Waals surface area contributed by atoms with E-state index in [1.807, 2.05) is 56.6 Å². The Morgan fingerprint density at radius 2 is 1.37 bits per heavy atom. The number of rotatable bonds is 13. The number of benzene rings is 3. The van der Waals surface area contributed by atoms with Crippen LogP contribution in [0.25, 0.3) is 0 Å². The van der Waals surface area contributed by atoms with Crippen molar-refractivity contribution in [3.63, 3.8) is 0 Å². The molecule has 0 saturated carbocycles. The molecular formula is C30H32N2O6. The standard InChI is InChI=1S/C30H32N2O6/c1-31(2)15-16-37-24-8-10-25(11-9-24)38-20-23-18-21(7-12-28(33)34)17-22(19-23)13-14-32-29(35)26-5-3-4-6-27(26)30(32)36/h3-6,8-11,17-19H,7,12-16,20H2,1-2H3,(H,33,34). The van der Waals surface area contributed by atoms with Gasteiger partial charge in [-0.3, -0.25) is 19.3 Å². The van der Waals surface area contributed by atoms with Crippen LogP contribution in [0.4, 0.5) is 0 Å². The average Bonchev–Trinajstić information content (AvgIpc) is 3.15. The minimum Gasteiger partial charge on any atom is -0.492 e. The van der Waals surface area contributed by atoms with Gasteiger partial charge in [-0.05, 0) is 80.0 Å². The summed E-state index contributed by atoms with van der Waals surface area (Å²) in [5.74, 6) is 0.0153. The highest BCUT2D eigenvalue weighted by atomic mass is 16.5. The summed E-state index contributed by atoms with van der Waals surface area (Å²) in [5, 5.41) is 9.14. The second-order valence-electron chi connectivity index (χ2n) is 9.52. The minimum atomic E-state index is -0.868. The molecule has 0 aromatic heterocycles. The Morgan fingerprint density at radius 1 is 0.816 bits per heavy atom. The summed E-state index contributed by atoms with van der Waals surface area (Å²) < 4.78 is 11.7. The van der Waals surface area contributed by atoms with Gasteiger partial charge in [0.25, 0.3) is 11.8 Å². The molecule has 3 aromatic rings. The molecule has 2 amide bonds. The quantitative estimate of drug-likeness (QED) is 0.342. The molecule has 0 spiro atoms. The molecule has 0 bridgehead atoms. The normalized spacial score (nSPS) is 12.7. The predicted octanol–water partition coefficient (Wildman–Crippen LogP) is 4.06. The highest BCUT2D eigenvalue weighted by Crippen LogP contribution is 2.24. The molecule has 4 rings (SSSR count). The van der Waals surface area contributed by atoms with E-state index >= 15 is 0 Å². The van der Waals surface area contributed by atoms with E-state index in [1.54, 1.807) is 24.3 Å². The maximum absolute atomic E-state index is 12.7. The number of likely N-dealkylation sites (N-methyl/N-ethyl adjacent to an activating group) is 1. The maximum Gasteiger partial charge on any atom is 0.303 e. The second kappa shape index (κ2) is 12.4. The number of carboxylic acid groups (broad SMARTS) is 1. The van der Waals surface area contributed by atoms with Crippen molar-refractivity contribution in [1.82, 2.24) is 9.80 Å². The third-order valence-electron chi connectivity index (χ3n) is 6.28. The molecule has 198 valence electrons. The topological polar surface area (TPSA) is 96.4 Å². The monoisotopic (exact) mass is 516 g/mol. The summed E-state index contributed by atoms with van der Waals surface area (Å²) in [6.07, 6.45) is 0.845. The number of fused-ring (bicyclic) bond motifs is 1. The highest BCUT2D eigenvalue weighted by molar-refractivity contribution is 6.21. The van der Waals surface area contributed by atoms with E-state index in [0.29, 0.717) is 42.9 Å². The fraction of sp³-hybridized carbons (Fsp3) is 0.300. The molecule has 0 unspecified atom stereocenters. The number of amides is 2. The lowest BCUT2D eigenvalue weighted by Gasteiger charge is -2.15. The molecule has 0 fully saturated rings. The molecule has 8 heteroatoms. The van der Waals surface area contributed by atoms with E-state index in [-0.39, 0.29) is 24.8 Å². The van der Waals surface area contributed by atoms with Crippen molar-refractivity contribution in [2.75, 3.05) is 33.8 Å². The lowest BCUT2D eigenvalue weighted by Crippen LogP contribution is -2.31. The van der Waals surface area contributed by atoms with Crippen molar-refractivity contribution in [3.05, 3.63) is 94.5 Å². The van der Waals surface area contributed by atoms with Gasteiger partial charge in [0, 0.05) is 19.5 Å². The highest BCUT2D eigenvalue weighted by Gasteiger charge is 2.34. The predicted molar refractivity (Wildman–Crippen MR) is 143 cm³/mol. The van der Waals surface area contributed by atoms with E-state index in [9.17, 15) is 14.4 Å². The molecule has 1 aliphatic heterocycles. The zero-order chi connectivity index (χ0) is 27.1. The van der Waals surface area contributed by atoms with Crippen LogP contribution >= 0.6 is 0 Å². The van der Waals surface area contributed by atoms with Crippen molar-refractivity contribution in [2.45, 2.75) is 25.9 Å². The molecule has 1 aliphatic rings. The number of aryl methyl sites for hydroxylation is 1. The van der Waals surface area contributed by atoms with E-state index in [2.05, 4.69) is 4.90 Å². The number of hydrogen-bond acceptors (Lipinski definition) is 6. The van der Waals surface area contributed by atoms with Gasteiger partial charge >= 0.3 is 5.97 Å². The molecular weight excluding hydrogens is 484 g/mol. The molecule has 0 radical (unpaired) electrons. The maximum atomic E-state index is 12.7. The average molecular weight is 517 g/mol. The Hall–Kier alpha value is -4.17. The minimum absolute atomic E-state index is 0.0114. The van der Waals surface area contributed by atoms with E-state index in [0.717, 1.165) is 29.0 Å². The third kappa shape index (κ3) is 6.98. The fourth-order valence-corrected chi connectivity index (χ4v) is 4.29. The van der Waals surface area contributed by atoms with Crippen LogP contribution in [0, 0.1) is 0 Å². The van der Waals surface area contributed by atoms with Crippen molar-refractivity contribution in [1.29, 1.82) is 0 Å². The summed E-state index contributed by atoms with van der Waals surface area (Å²) in [6.45, 7) is 1.96. The molecule has 38 heavy (non-hydrogen) atoms. The van der Waals surface area contributed by atoms with Gasteiger partial charge in [0.2, 0.25) is 0 Å². The van der Waals surface area contributed by atoms with E-state index in [4.69, 9.17) is 14.6 Å². The van der Waals surface area contributed by atoms with Crippen molar-refractivity contribution < 1.29 is 29.0 Å². The molecule has 0 saturated heterocycles. The van der Waals surface area contributed by atoms with Crippen LogP contribution in [0.5, 0.6) is 11.5 Å². The SMILES string of the molecule is CN(C)CCOc1ccc(OCc2cc(CCC(=O)O)cc(CCN3C(=O)c4ccccc4C3=O)c2)cc1. The van der Waals surface area contributed by atoms with Crippen LogP contribution < -0.4 is 9.47 Å². The number of carbonyl (C=O) groups excluding carboxylic acids is 2. The van der Waals surface area contributed by atoms with Crippen LogP contribution in [0.1, 0.15) is 43.8 Å². The molecule has 3 aromatic carbocycles. The van der Waals surface area contributed by atoms with Gasteiger partial charge in [-0.1, -0.05) is 30.3 Å². The first kappa shape index (κ1) is 26.9. The summed E-state index contributed by atoms with van der Waals surface area (Å²) >= 11 is 0. The van der Waals surface area contributed by atoms with Gasteiger partial charge in [-0.2, -0.15) is 0 Å². The van der Waals surface area contributed by atoms with Gasteiger partial charge in [0.05, 0.1) is 11.1 Å². The number of aliphatic carboxylic acids is 1. The largest absolute Gasteiger partial charge is 0.492 e. The Morgan fingerprint density at radius 3 is 1.95 bits per heavy atom. The number of ether oxygens (including phenoxy) is 2.